The van der Waals surface area contributed by atoms with Gasteiger partial charge in [-0.3, -0.25) is 0 Å². The molecule has 1 aromatic heterocycles. The minimum Gasteiger partial charge on any atom is -0.339 e. The van der Waals surface area contributed by atoms with Crippen LogP contribution in [-0.4, -0.2) is 77.9 Å². The predicted molar refractivity (Wildman–Crippen MR) is 122 cm³/mol. The van der Waals surface area contributed by atoms with Crippen LogP contribution in [0.5, 0.6) is 0 Å². The maximum atomic E-state index is 12.9. The third-order valence-corrected chi connectivity index (χ3v) is 7.61. The highest BCUT2D eigenvalue weighted by Crippen LogP contribution is 2.17. The smallest absolute Gasteiger partial charge is 0.282 e. The van der Waals surface area contributed by atoms with E-state index in [0.717, 1.165) is 50.9 Å². The van der Waals surface area contributed by atoms with Crippen molar-refractivity contribution in [1.29, 1.82) is 0 Å². The molecule has 0 unspecified atom stereocenters. The first-order chi connectivity index (χ1) is 14.9. The van der Waals surface area contributed by atoms with Crippen LogP contribution < -0.4 is 0 Å². The Balaban J connectivity index is 1.44. The molecule has 1 aliphatic heterocycles. The molecule has 0 saturated carbocycles. The van der Waals surface area contributed by atoms with Crippen molar-refractivity contribution in [2.45, 2.75) is 46.5 Å². The van der Waals surface area contributed by atoms with Gasteiger partial charge < -0.3 is 9.42 Å². The lowest BCUT2D eigenvalue weighted by Gasteiger charge is -2.36. The minimum atomic E-state index is -3.35. The Morgan fingerprint density at radius 3 is 2.29 bits per heavy atom. The molecule has 172 valence electrons. The van der Waals surface area contributed by atoms with E-state index in [1.807, 2.05) is 45.0 Å². The van der Waals surface area contributed by atoms with Gasteiger partial charge in [0, 0.05) is 51.3 Å². The van der Waals surface area contributed by atoms with Gasteiger partial charge in [0.1, 0.15) is 0 Å². The number of aromatic nitrogens is 2. The second-order valence-electron chi connectivity index (χ2n) is 8.13. The molecule has 1 aromatic carbocycles. The van der Waals surface area contributed by atoms with Crippen LogP contribution in [0.3, 0.4) is 0 Å². The van der Waals surface area contributed by atoms with Crippen molar-refractivity contribution < 1.29 is 12.9 Å². The molecule has 1 aliphatic rings. The highest BCUT2D eigenvalue weighted by molar-refractivity contribution is 7.86. The summed E-state index contributed by atoms with van der Waals surface area (Å²) in [6, 6.07) is 8.07. The van der Waals surface area contributed by atoms with E-state index in [1.54, 1.807) is 8.61 Å². The van der Waals surface area contributed by atoms with Gasteiger partial charge in [0.05, 0.1) is 0 Å². The van der Waals surface area contributed by atoms with Crippen LogP contribution in [0.1, 0.15) is 44.6 Å². The van der Waals surface area contributed by atoms with Crippen molar-refractivity contribution in [3.8, 4) is 11.4 Å². The van der Waals surface area contributed by atoms with Crippen molar-refractivity contribution in [1.82, 2.24) is 23.7 Å². The topological polar surface area (TPSA) is 82.8 Å². The zero-order chi connectivity index (χ0) is 22.3. The molecular formula is C22H35N5O3S. The molecule has 0 spiro atoms. The monoisotopic (exact) mass is 449 g/mol. The molecule has 2 heterocycles. The summed E-state index contributed by atoms with van der Waals surface area (Å²) in [6.07, 6.45) is 3.29. The number of aryl methyl sites for hydroxylation is 2. The molecule has 9 heteroatoms. The summed E-state index contributed by atoms with van der Waals surface area (Å²) >= 11 is 0. The van der Waals surface area contributed by atoms with Crippen LogP contribution in [0.15, 0.2) is 28.8 Å². The molecule has 1 fully saturated rings. The van der Waals surface area contributed by atoms with Gasteiger partial charge in [0.25, 0.3) is 10.2 Å². The third-order valence-electron chi connectivity index (χ3n) is 5.57. The van der Waals surface area contributed by atoms with E-state index >= 15 is 0 Å². The zero-order valence-corrected chi connectivity index (χ0v) is 19.8. The van der Waals surface area contributed by atoms with Gasteiger partial charge in [-0.2, -0.15) is 22.0 Å². The summed E-state index contributed by atoms with van der Waals surface area (Å²) in [5.41, 5.74) is 2.15. The summed E-state index contributed by atoms with van der Waals surface area (Å²) in [5.74, 6) is 1.27. The van der Waals surface area contributed by atoms with Gasteiger partial charge in [0.15, 0.2) is 0 Å². The average Bonchev–Trinajstić information content (AvgIpc) is 3.23. The molecule has 0 bridgehead atoms. The number of hydrogen-bond acceptors (Lipinski definition) is 6. The lowest BCUT2D eigenvalue weighted by Crippen LogP contribution is -2.53. The van der Waals surface area contributed by atoms with Gasteiger partial charge >= 0.3 is 0 Å². The molecule has 0 amide bonds. The fourth-order valence-electron chi connectivity index (χ4n) is 3.82. The summed E-state index contributed by atoms with van der Waals surface area (Å²) in [6.45, 7) is 10.8. The Hall–Kier alpha value is -1.81. The Morgan fingerprint density at radius 2 is 1.68 bits per heavy atom. The summed E-state index contributed by atoms with van der Waals surface area (Å²) in [5, 5.41) is 4.09. The van der Waals surface area contributed by atoms with Crippen molar-refractivity contribution in [3.63, 3.8) is 0 Å². The van der Waals surface area contributed by atoms with Crippen LogP contribution in [0.25, 0.3) is 11.4 Å². The van der Waals surface area contributed by atoms with Crippen molar-refractivity contribution in [3.05, 3.63) is 35.7 Å². The fraction of sp³-hybridized carbons (Fsp3) is 0.636. The van der Waals surface area contributed by atoms with E-state index in [-0.39, 0.29) is 0 Å². The number of hydrogen-bond donors (Lipinski definition) is 0. The highest BCUT2D eigenvalue weighted by Gasteiger charge is 2.31. The molecule has 0 atom stereocenters. The van der Waals surface area contributed by atoms with Crippen molar-refractivity contribution in [2.24, 2.45) is 0 Å². The molecule has 8 nitrogen and oxygen atoms in total. The molecule has 1 saturated heterocycles. The molecule has 2 aromatic rings. The fourth-order valence-corrected chi connectivity index (χ4v) is 5.60. The normalized spacial score (nSPS) is 16.3. The van der Waals surface area contributed by atoms with Crippen LogP contribution in [0.4, 0.5) is 0 Å². The summed E-state index contributed by atoms with van der Waals surface area (Å²) in [7, 11) is -3.35. The Kier molecular flexibility index (Phi) is 8.59. The molecule has 3 rings (SSSR count). The quantitative estimate of drug-likeness (QED) is 0.525. The molecule has 31 heavy (non-hydrogen) atoms. The van der Waals surface area contributed by atoms with Gasteiger partial charge in [-0.05, 0) is 32.7 Å². The first-order valence-electron chi connectivity index (χ1n) is 11.3. The minimum absolute atomic E-state index is 0.546. The van der Waals surface area contributed by atoms with E-state index in [1.165, 1.54) is 5.56 Å². The molecule has 0 radical (unpaired) electrons. The molecular weight excluding hydrogens is 414 g/mol. The Morgan fingerprint density at radius 1 is 1.03 bits per heavy atom. The second-order valence-corrected chi connectivity index (χ2v) is 10.1. The maximum absolute atomic E-state index is 12.9. The number of nitrogens with zero attached hydrogens (tertiary/aromatic N) is 5. The van der Waals surface area contributed by atoms with Crippen LogP contribution in [0, 0.1) is 6.92 Å². The Labute approximate surface area is 186 Å². The number of rotatable bonds is 11. The lowest BCUT2D eigenvalue weighted by molar-refractivity contribution is 0.178. The number of piperazine rings is 1. The SMILES string of the molecule is CCCN(CCC)S(=O)(=O)N1CCN(CCCc2nc(-c3ccc(C)cc3)no2)CC1. The summed E-state index contributed by atoms with van der Waals surface area (Å²) < 4.78 is 34.5. The zero-order valence-electron chi connectivity index (χ0n) is 19.0. The first-order valence-corrected chi connectivity index (χ1v) is 12.7. The Bertz CT molecular complexity index is 899. The van der Waals surface area contributed by atoms with Gasteiger partial charge in [-0.15, -0.1) is 0 Å². The third kappa shape index (κ3) is 6.35. The maximum Gasteiger partial charge on any atom is 0.282 e. The van der Waals surface area contributed by atoms with Gasteiger partial charge in [-0.25, -0.2) is 0 Å². The van der Waals surface area contributed by atoms with E-state index in [2.05, 4.69) is 15.0 Å². The van der Waals surface area contributed by atoms with Crippen LogP contribution in [-0.2, 0) is 16.6 Å². The van der Waals surface area contributed by atoms with Crippen LogP contribution >= 0.6 is 0 Å². The van der Waals surface area contributed by atoms with Gasteiger partial charge in [-0.1, -0.05) is 48.8 Å². The average molecular weight is 450 g/mol. The largest absolute Gasteiger partial charge is 0.339 e. The van der Waals surface area contributed by atoms with Crippen molar-refractivity contribution >= 4 is 10.2 Å². The highest BCUT2D eigenvalue weighted by atomic mass is 32.2. The van der Waals surface area contributed by atoms with E-state index in [4.69, 9.17) is 4.52 Å². The van der Waals surface area contributed by atoms with E-state index in [9.17, 15) is 8.42 Å². The first kappa shape index (κ1) is 23.8. The predicted octanol–water partition coefficient (Wildman–Crippen LogP) is 2.96. The van der Waals surface area contributed by atoms with E-state index < -0.39 is 10.2 Å². The summed E-state index contributed by atoms with van der Waals surface area (Å²) in [4.78, 5) is 6.81. The standard InChI is InChI=1S/C22H35N5O3S/c1-4-12-26(13-5-2)31(28,29)27-17-15-25(16-18-27)14-6-7-21-23-22(24-30-21)20-10-8-19(3)9-11-20/h8-11H,4-7,12-18H2,1-3H3. The second kappa shape index (κ2) is 11.2. The number of benzene rings is 1. The van der Waals surface area contributed by atoms with Gasteiger partial charge in [0.2, 0.25) is 11.7 Å². The molecule has 0 aliphatic carbocycles. The van der Waals surface area contributed by atoms with Crippen molar-refractivity contribution in [2.75, 3.05) is 45.8 Å². The lowest BCUT2D eigenvalue weighted by atomic mass is 10.1. The molecule has 0 N–H and O–H groups in total. The van der Waals surface area contributed by atoms with Crippen LogP contribution in [0.2, 0.25) is 0 Å². The van der Waals surface area contributed by atoms with E-state index in [0.29, 0.717) is 37.9 Å².